The van der Waals surface area contributed by atoms with Crippen molar-refractivity contribution in [3.05, 3.63) is 59.7 Å². The number of rotatable bonds is 8. The number of carbonyl (C=O) groups excluding carboxylic acids is 2. The molecule has 8 nitrogen and oxygen atoms in total. The van der Waals surface area contributed by atoms with Crippen LogP contribution in [0.4, 0.5) is 4.79 Å². The maximum atomic E-state index is 12.8. The molecular formula is C24H31N3O5. The van der Waals surface area contributed by atoms with Gasteiger partial charge in [-0.25, -0.2) is 4.79 Å². The Labute approximate surface area is 189 Å². The van der Waals surface area contributed by atoms with Crippen molar-refractivity contribution in [2.45, 2.75) is 26.1 Å². The second-order valence-electron chi connectivity index (χ2n) is 7.71. The van der Waals surface area contributed by atoms with Gasteiger partial charge >= 0.3 is 6.09 Å². The summed E-state index contributed by atoms with van der Waals surface area (Å²) in [6.45, 7) is 5.21. The predicted octanol–water partition coefficient (Wildman–Crippen LogP) is 2.66. The van der Waals surface area contributed by atoms with E-state index in [1.807, 2.05) is 48.5 Å². The minimum absolute atomic E-state index is 0.111. The highest BCUT2D eigenvalue weighted by atomic mass is 16.5. The monoisotopic (exact) mass is 441 g/mol. The quantitative estimate of drug-likeness (QED) is 0.679. The van der Waals surface area contributed by atoms with Crippen molar-refractivity contribution in [2.24, 2.45) is 0 Å². The van der Waals surface area contributed by atoms with Crippen molar-refractivity contribution >= 4 is 12.0 Å². The van der Waals surface area contributed by atoms with Crippen molar-refractivity contribution in [3.8, 4) is 11.5 Å². The van der Waals surface area contributed by atoms with Crippen LogP contribution in [0.15, 0.2) is 48.5 Å². The maximum absolute atomic E-state index is 12.8. The van der Waals surface area contributed by atoms with Crippen LogP contribution in [0.25, 0.3) is 0 Å². The summed E-state index contributed by atoms with van der Waals surface area (Å²) in [6.07, 6.45) is -0.599. The third-order valence-electron chi connectivity index (χ3n) is 5.48. The molecule has 0 saturated carbocycles. The molecule has 0 spiro atoms. The number of ether oxygens (including phenoxy) is 3. The summed E-state index contributed by atoms with van der Waals surface area (Å²) in [5.41, 5.74) is 1.94. The molecule has 3 rings (SSSR count). The van der Waals surface area contributed by atoms with Crippen molar-refractivity contribution in [1.82, 2.24) is 15.1 Å². The highest BCUT2D eigenvalue weighted by molar-refractivity contribution is 5.85. The fraction of sp³-hybridized carbons (Fsp3) is 0.417. The number of nitrogens with one attached hydrogen (secondary N) is 1. The molecule has 1 heterocycles. The molecule has 1 fully saturated rings. The molecule has 1 aliphatic rings. The second-order valence-corrected chi connectivity index (χ2v) is 7.71. The number of piperazine rings is 1. The van der Waals surface area contributed by atoms with Crippen molar-refractivity contribution in [1.29, 1.82) is 0 Å². The van der Waals surface area contributed by atoms with E-state index in [0.29, 0.717) is 19.6 Å². The highest BCUT2D eigenvalue weighted by Gasteiger charge is 2.26. The van der Waals surface area contributed by atoms with Gasteiger partial charge in [0.2, 0.25) is 5.91 Å². The topological polar surface area (TPSA) is 80.3 Å². The Hall–Kier alpha value is -3.26. The zero-order valence-corrected chi connectivity index (χ0v) is 18.9. The fourth-order valence-corrected chi connectivity index (χ4v) is 3.65. The zero-order chi connectivity index (χ0) is 22.9. The number of nitrogens with zero attached hydrogens (tertiary/aromatic N) is 2. The Morgan fingerprint density at radius 3 is 2.38 bits per heavy atom. The van der Waals surface area contributed by atoms with Crippen LogP contribution in [0.5, 0.6) is 11.5 Å². The molecule has 2 aromatic carbocycles. The van der Waals surface area contributed by atoms with Gasteiger partial charge in [0.15, 0.2) is 0 Å². The van der Waals surface area contributed by atoms with Gasteiger partial charge in [-0.05, 0) is 30.7 Å². The molecule has 0 bridgehead atoms. The number of hydrogen-bond acceptors (Lipinski definition) is 6. The number of amides is 2. The van der Waals surface area contributed by atoms with Gasteiger partial charge in [-0.3, -0.25) is 9.69 Å². The molecule has 172 valence electrons. The average Bonchev–Trinajstić information content (AvgIpc) is 2.83. The molecule has 0 aliphatic carbocycles. The lowest BCUT2D eigenvalue weighted by Crippen LogP contribution is -2.54. The Bertz CT molecular complexity index is 898. The van der Waals surface area contributed by atoms with Crippen LogP contribution in [-0.4, -0.2) is 68.2 Å². The standard InChI is InChI=1S/C24H31N3O5/c1-18(25-24(29)32-17-19-7-5-4-6-8-19)23(28)27-13-11-26(12-14-27)16-20-15-21(30-2)9-10-22(20)31-3/h4-10,15,18H,11-14,16-17H2,1-3H3,(H,25,29)/t18-/m0/s1. The van der Waals surface area contributed by atoms with E-state index < -0.39 is 12.1 Å². The zero-order valence-electron chi connectivity index (χ0n) is 18.9. The summed E-state index contributed by atoms with van der Waals surface area (Å²) in [7, 11) is 3.30. The highest BCUT2D eigenvalue weighted by Crippen LogP contribution is 2.25. The lowest BCUT2D eigenvalue weighted by molar-refractivity contribution is -0.134. The van der Waals surface area contributed by atoms with E-state index in [1.165, 1.54) is 0 Å². The van der Waals surface area contributed by atoms with Crippen molar-refractivity contribution in [2.75, 3.05) is 40.4 Å². The molecular weight excluding hydrogens is 410 g/mol. The van der Waals surface area contributed by atoms with E-state index in [2.05, 4.69) is 10.2 Å². The Balaban J connectivity index is 1.45. The number of carbonyl (C=O) groups is 2. The molecule has 2 aromatic rings. The van der Waals surface area contributed by atoms with Crippen molar-refractivity contribution in [3.63, 3.8) is 0 Å². The van der Waals surface area contributed by atoms with Crippen LogP contribution in [0.2, 0.25) is 0 Å². The first kappa shape index (κ1) is 23.4. The molecule has 8 heteroatoms. The molecule has 0 radical (unpaired) electrons. The summed E-state index contributed by atoms with van der Waals surface area (Å²) >= 11 is 0. The summed E-state index contributed by atoms with van der Waals surface area (Å²) in [5, 5.41) is 2.63. The van der Waals surface area contributed by atoms with Crippen LogP contribution in [0, 0.1) is 0 Å². The molecule has 1 aliphatic heterocycles. The van der Waals surface area contributed by atoms with Gasteiger partial charge in [-0.2, -0.15) is 0 Å². The molecule has 0 unspecified atom stereocenters. The van der Waals surface area contributed by atoms with E-state index in [1.54, 1.807) is 26.0 Å². The first-order valence-corrected chi connectivity index (χ1v) is 10.7. The molecule has 1 saturated heterocycles. The maximum Gasteiger partial charge on any atom is 0.408 e. The van der Waals surface area contributed by atoms with Gasteiger partial charge in [0.25, 0.3) is 0 Å². The number of hydrogen-bond donors (Lipinski definition) is 1. The summed E-state index contributed by atoms with van der Waals surface area (Å²) in [5.74, 6) is 1.49. The van der Waals surface area contributed by atoms with E-state index in [0.717, 1.165) is 35.7 Å². The minimum Gasteiger partial charge on any atom is -0.497 e. The molecule has 1 N–H and O–H groups in total. The third-order valence-corrected chi connectivity index (χ3v) is 5.48. The first-order chi connectivity index (χ1) is 15.5. The van der Waals surface area contributed by atoms with Gasteiger partial charge in [0, 0.05) is 38.3 Å². The third kappa shape index (κ3) is 6.37. The van der Waals surface area contributed by atoms with Crippen LogP contribution >= 0.6 is 0 Å². The van der Waals surface area contributed by atoms with E-state index in [4.69, 9.17) is 14.2 Å². The first-order valence-electron chi connectivity index (χ1n) is 10.7. The fourth-order valence-electron chi connectivity index (χ4n) is 3.65. The van der Waals surface area contributed by atoms with Gasteiger partial charge in [-0.1, -0.05) is 30.3 Å². The summed E-state index contributed by atoms with van der Waals surface area (Å²) in [4.78, 5) is 28.9. The van der Waals surface area contributed by atoms with E-state index in [9.17, 15) is 9.59 Å². The van der Waals surface area contributed by atoms with Gasteiger partial charge in [-0.15, -0.1) is 0 Å². The van der Waals surface area contributed by atoms with Crippen LogP contribution in [-0.2, 0) is 22.7 Å². The van der Waals surface area contributed by atoms with Crippen molar-refractivity contribution < 1.29 is 23.8 Å². The van der Waals surface area contributed by atoms with Gasteiger partial charge < -0.3 is 24.4 Å². The lowest BCUT2D eigenvalue weighted by Gasteiger charge is -2.36. The molecule has 1 atom stereocenters. The largest absolute Gasteiger partial charge is 0.497 e. The SMILES string of the molecule is COc1ccc(OC)c(CN2CCN(C(=O)[C@H](C)NC(=O)OCc3ccccc3)CC2)c1. The normalized spacial score (nSPS) is 15.0. The average molecular weight is 442 g/mol. The lowest BCUT2D eigenvalue weighted by atomic mass is 10.1. The number of alkyl carbamates (subject to hydrolysis) is 1. The Morgan fingerprint density at radius 2 is 1.72 bits per heavy atom. The number of benzene rings is 2. The Kier molecular flexibility index (Phi) is 8.33. The van der Waals surface area contributed by atoms with Crippen LogP contribution < -0.4 is 14.8 Å². The molecule has 32 heavy (non-hydrogen) atoms. The molecule has 2 amide bonds. The summed E-state index contributed by atoms with van der Waals surface area (Å²) in [6, 6.07) is 14.5. The molecule has 0 aromatic heterocycles. The van der Waals surface area contributed by atoms with Crippen LogP contribution in [0.1, 0.15) is 18.1 Å². The smallest absolute Gasteiger partial charge is 0.408 e. The second kappa shape index (κ2) is 11.4. The summed E-state index contributed by atoms with van der Waals surface area (Å²) < 4.78 is 16.0. The minimum atomic E-state index is -0.650. The predicted molar refractivity (Wildman–Crippen MR) is 121 cm³/mol. The van der Waals surface area contributed by atoms with Crippen LogP contribution in [0.3, 0.4) is 0 Å². The van der Waals surface area contributed by atoms with E-state index in [-0.39, 0.29) is 12.5 Å². The number of methoxy groups -OCH3 is 2. The van der Waals surface area contributed by atoms with E-state index >= 15 is 0 Å². The van der Waals surface area contributed by atoms with Gasteiger partial charge in [0.1, 0.15) is 24.1 Å². The Morgan fingerprint density at radius 1 is 1.00 bits per heavy atom. The van der Waals surface area contributed by atoms with Gasteiger partial charge in [0.05, 0.1) is 14.2 Å².